The highest BCUT2D eigenvalue weighted by molar-refractivity contribution is 5.90. The molecule has 0 aliphatic heterocycles. The number of hydrogen-bond donors (Lipinski definition) is 0. The maximum Gasteiger partial charge on any atom is 0.0991 e. The topological polar surface area (TPSA) is 30.3 Å². The fourth-order valence-electron chi connectivity index (χ4n) is 5.81. The number of benzene rings is 7. The zero-order valence-corrected chi connectivity index (χ0v) is 25.0. The van der Waals surface area contributed by atoms with Crippen molar-refractivity contribution in [2.24, 2.45) is 0 Å². The molecule has 0 bridgehead atoms. The third-order valence-electron chi connectivity index (χ3n) is 8.30. The summed E-state index contributed by atoms with van der Waals surface area (Å²) >= 11 is 0. The van der Waals surface area contributed by atoms with Crippen LogP contribution in [0, 0.1) is 11.3 Å². The number of anilines is 5. The molecular formula is C42H31N3. The van der Waals surface area contributed by atoms with E-state index in [0.717, 1.165) is 39.6 Å². The third kappa shape index (κ3) is 5.78. The summed E-state index contributed by atoms with van der Waals surface area (Å²) < 4.78 is 0. The maximum absolute atomic E-state index is 9.11. The fourth-order valence-corrected chi connectivity index (χ4v) is 5.81. The minimum Gasteiger partial charge on any atom is -0.345 e. The highest BCUT2D eigenvalue weighted by Gasteiger charge is 2.15. The van der Waals surface area contributed by atoms with Crippen molar-refractivity contribution in [3.63, 3.8) is 0 Å². The largest absolute Gasteiger partial charge is 0.345 e. The first-order valence-electron chi connectivity index (χ1n) is 15.1. The summed E-state index contributed by atoms with van der Waals surface area (Å²) in [5.41, 5.74) is 10.8. The zero-order chi connectivity index (χ0) is 30.6. The molecule has 0 spiro atoms. The average Bonchev–Trinajstić information content (AvgIpc) is 3.12. The van der Waals surface area contributed by atoms with Gasteiger partial charge in [-0.3, -0.25) is 0 Å². The van der Waals surface area contributed by atoms with Gasteiger partial charge in [-0.25, -0.2) is 0 Å². The van der Waals surface area contributed by atoms with E-state index in [2.05, 4.69) is 161 Å². The van der Waals surface area contributed by atoms with E-state index in [1.54, 1.807) is 0 Å². The van der Waals surface area contributed by atoms with E-state index < -0.39 is 0 Å². The first-order valence-corrected chi connectivity index (χ1v) is 15.1. The molecule has 0 aliphatic carbocycles. The molecule has 0 saturated carbocycles. The molecule has 0 aromatic heterocycles. The highest BCUT2D eigenvalue weighted by atomic mass is 15.1. The van der Waals surface area contributed by atoms with Crippen LogP contribution < -0.4 is 9.80 Å². The predicted octanol–water partition coefficient (Wildman–Crippen LogP) is 11.3. The van der Waals surface area contributed by atoms with Crippen molar-refractivity contribution >= 4 is 39.2 Å². The third-order valence-corrected chi connectivity index (χ3v) is 8.30. The first kappa shape index (κ1) is 27.7. The van der Waals surface area contributed by atoms with Gasteiger partial charge in [-0.1, -0.05) is 97.1 Å². The minimum atomic E-state index is 0.661. The van der Waals surface area contributed by atoms with Crippen LogP contribution in [0.25, 0.3) is 33.0 Å². The number of nitriles is 1. The summed E-state index contributed by atoms with van der Waals surface area (Å²) in [4.78, 5) is 4.46. The van der Waals surface area contributed by atoms with Crippen molar-refractivity contribution in [1.29, 1.82) is 5.26 Å². The lowest BCUT2D eigenvalue weighted by Crippen LogP contribution is -2.10. The van der Waals surface area contributed by atoms with Crippen LogP contribution in [-0.2, 0) is 0 Å². The highest BCUT2D eigenvalue weighted by Crippen LogP contribution is 2.39. The monoisotopic (exact) mass is 577 g/mol. The van der Waals surface area contributed by atoms with Crippen LogP contribution in [0.4, 0.5) is 28.4 Å². The Kier molecular flexibility index (Phi) is 7.54. The van der Waals surface area contributed by atoms with Crippen molar-refractivity contribution < 1.29 is 0 Å². The Hall–Kier alpha value is -6.11. The Morgan fingerprint density at radius 1 is 0.400 bits per heavy atom. The summed E-state index contributed by atoms with van der Waals surface area (Å²) in [6.45, 7) is 0. The Bertz CT molecular complexity index is 2110. The number of fused-ring (bicyclic) bond motifs is 1. The first-order chi connectivity index (χ1) is 22.2. The molecule has 0 radical (unpaired) electrons. The molecule has 7 rings (SSSR count). The van der Waals surface area contributed by atoms with Crippen LogP contribution in [0.5, 0.6) is 0 Å². The summed E-state index contributed by atoms with van der Waals surface area (Å²) in [5, 5.41) is 11.5. The van der Waals surface area contributed by atoms with Gasteiger partial charge in [-0.05, 0) is 106 Å². The van der Waals surface area contributed by atoms with E-state index in [4.69, 9.17) is 5.26 Å². The minimum absolute atomic E-state index is 0.661. The lowest BCUT2D eigenvalue weighted by atomic mass is 10.0. The lowest BCUT2D eigenvalue weighted by Gasteiger charge is -2.26. The van der Waals surface area contributed by atoms with Gasteiger partial charge in [0.25, 0.3) is 0 Å². The van der Waals surface area contributed by atoms with Gasteiger partial charge in [0.15, 0.2) is 0 Å². The second kappa shape index (κ2) is 12.2. The SMILES string of the molecule is CN(c1ccc(C#N)cc1)c1ccc(-c2ccc(N(c3cccc(-c4ccccc4)c3)c3ccc4ccccc4c3)cc2)cc1. The Morgan fingerprint density at radius 3 is 1.58 bits per heavy atom. The van der Waals surface area contributed by atoms with E-state index in [1.165, 1.54) is 21.9 Å². The molecule has 214 valence electrons. The summed E-state index contributed by atoms with van der Waals surface area (Å²) in [6.07, 6.45) is 0. The quantitative estimate of drug-likeness (QED) is 0.189. The van der Waals surface area contributed by atoms with Gasteiger partial charge in [0, 0.05) is 35.5 Å². The van der Waals surface area contributed by atoms with Gasteiger partial charge >= 0.3 is 0 Å². The van der Waals surface area contributed by atoms with E-state index in [9.17, 15) is 0 Å². The van der Waals surface area contributed by atoms with Crippen molar-refractivity contribution in [3.05, 3.63) is 175 Å². The summed E-state index contributed by atoms with van der Waals surface area (Å²) in [7, 11) is 2.04. The van der Waals surface area contributed by atoms with Gasteiger partial charge < -0.3 is 9.80 Å². The van der Waals surface area contributed by atoms with E-state index >= 15 is 0 Å². The van der Waals surface area contributed by atoms with Gasteiger partial charge in [0.1, 0.15) is 0 Å². The number of nitrogens with zero attached hydrogens (tertiary/aromatic N) is 3. The second-order valence-electron chi connectivity index (χ2n) is 11.1. The molecule has 0 unspecified atom stereocenters. The van der Waals surface area contributed by atoms with Crippen LogP contribution in [0.3, 0.4) is 0 Å². The Morgan fingerprint density at radius 2 is 0.911 bits per heavy atom. The summed E-state index contributed by atoms with van der Waals surface area (Å²) in [5.74, 6) is 0. The molecule has 45 heavy (non-hydrogen) atoms. The van der Waals surface area contributed by atoms with Crippen LogP contribution in [0.1, 0.15) is 5.56 Å². The van der Waals surface area contributed by atoms with E-state index in [0.29, 0.717) is 5.56 Å². The molecule has 0 heterocycles. The molecule has 0 atom stereocenters. The molecule has 0 N–H and O–H groups in total. The molecule has 7 aromatic carbocycles. The molecule has 0 saturated heterocycles. The van der Waals surface area contributed by atoms with Crippen molar-refractivity contribution in [1.82, 2.24) is 0 Å². The lowest BCUT2D eigenvalue weighted by molar-refractivity contribution is 1.21. The molecule has 7 aromatic rings. The van der Waals surface area contributed by atoms with Crippen LogP contribution in [0.2, 0.25) is 0 Å². The fraction of sp³-hybridized carbons (Fsp3) is 0.0238. The second-order valence-corrected chi connectivity index (χ2v) is 11.1. The van der Waals surface area contributed by atoms with E-state index in [-0.39, 0.29) is 0 Å². The van der Waals surface area contributed by atoms with Crippen molar-refractivity contribution in [3.8, 4) is 28.3 Å². The Labute approximate surface area is 264 Å². The van der Waals surface area contributed by atoms with Gasteiger partial charge in [0.2, 0.25) is 0 Å². The predicted molar refractivity (Wildman–Crippen MR) is 189 cm³/mol. The molecule has 0 amide bonds. The standard InChI is InChI=1S/C42H31N3/c1-44(38-21-14-31(30-43)15-22-38)39-23-16-34(17-24-39)35-18-25-40(26-19-35)45(42-27-20-33-10-5-6-11-36(33)29-42)41-13-7-12-37(28-41)32-8-3-2-4-9-32/h2-29H,1H3. The Balaban J connectivity index is 1.22. The maximum atomic E-state index is 9.11. The smallest absolute Gasteiger partial charge is 0.0991 e. The molecular weight excluding hydrogens is 546 g/mol. The van der Waals surface area contributed by atoms with Gasteiger partial charge in [-0.15, -0.1) is 0 Å². The van der Waals surface area contributed by atoms with Crippen LogP contribution in [-0.4, -0.2) is 7.05 Å². The van der Waals surface area contributed by atoms with Crippen LogP contribution in [0.15, 0.2) is 170 Å². The molecule has 0 aliphatic rings. The number of rotatable bonds is 7. The van der Waals surface area contributed by atoms with Gasteiger partial charge in [-0.2, -0.15) is 5.26 Å². The van der Waals surface area contributed by atoms with Crippen LogP contribution >= 0.6 is 0 Å². The average molecular weight is 578 g/mol. The zero-order valence-electron chi connectivity index (χ0n) is 25.0. The van der Waals surface area contributed by atoms with Gasteiger partial charge in [0.05, 0.1) is 11.6 Å². The molecule has 3 nitrogen and oxygen atoms in total. The molecule has 0 fully saturated rings. The molecule has 3 heteroatoms. The van der Waals surface area contributed by atoms with Crippen molar-refractivity contribution in [2.75, 3.05) is 16.8 Å². The van der Waals surface area contributed by atoms with Crippen molar-refractivity contribution in [2.45, 2.75) is 0 Å². The normalized spacial score (nSPS) is 10.8. The summed E-state index contributed by atoms with van der Waals surface area (Å²) in [6, 6.07) is 61.7. The van der Waals surface area contributed by atoms with E-state index in [1.807, 2.05) is 31.3 Å². The number of hydrogen-bond acceptors (Lipinski definition) is 3.